The third-order valence-corrected chi connectivity index (χ3v) is 2.58. The van der Waals surface area contributed by atoms with E-state index in [1.807, 2.05) is 6.07 Å². The number of anilines is 1. The van der Waals surface area contributed by atoms with E-state index < -0.39 is 12.6 Å². The zero-order valence-electron chi connectivity index (χ0n) is 9.15. The van der Waals surface area contributed by atoms with Gasteiger partial charge in [-0.15, -0.1) is 0 Å². The van der Waals surface area contributed by atoms with E-state index in [1.165, 1.54) is 0 Å². The van der Waals surface area contributed by atoms with E-state index >= 15 is 0 Å². The first-order valence-electron chi connectivity index (χ1n) is 5.19. The lowest BCUT2D eigenvalue weighted by Crippen LogP contribution is -2.17. The molecule has 0 atom stereocenters. The number of halogens is 4. The summed E-state index contributed by atoms with van der Waals surface area (Å²) in [5.41, 5.74) is 7.22. The quantitative estimate of drug-likeness (QED) is 0.645. The van der Waals surface area contributed by atoms with Crippen molar-refractivity contribution in [1.29, 1.82) is 0 Å². The molecule has 2 nitrogen and oxygen atoms in total. The molecule has 1 aromatic carbocycles. The van der Waals surface area contributed by atoms with Crippen LogP contribution >= 0.6 is 15.9 Å². The average Bonchev–Trinajstić information content (AvgIpc) is 2.13. The summed E-state index contributed by atoms with van der Waals surface area (Å²) < 4.78 is 36.4. The monoisotopic (exact) mass is 310 g/mol. The van der Waals surface area contributed by atoms with Crippen molar-refractivity contribution in [2.75, 3.05) is 12.3 Å². The summed E-state index contributed by atoms with van der Waals surface area (Å²) in [5.74, 6) is 0. The van der Waals surface area contributed by atoms with Crippen LogP contribution in [0, 0.1) is 0 Å². The Morgan fingerprint density at radius 2 is 1.94 bits per heavy atom. The predicted molar refractivity (Wildman–Crippen MR) is 65.6 cm³/mol. The Morgan fingerprint density at radius 1 is 1.24 bits per heavy atom. The van der Waals surface area contributed by atoms with Crippen LogP contribution in [0.5, 0.6) is 0 Å². The van der Waals surface area contributed by atoms with Gasteiger partial charge in [-0.3, -0.25) is 0 Å². The van der Waals surface area contributed by atoms with Gasteiger partial charge in [0.15, 0.2) is 0 Å². The highest BCUT2D eigenvalue weighted by molar-refractivity contribution is 9.10. The Balaban J connectivity index is 2.27. The maximum atomic E-state index is 11.9. The van der Waals surface area contributed by atoms with Crippen molar-refractivity contribution in [3.8, 4) is 0 Å². The van der Waals surface area contributed by atoms with Crippen LogP contribution in [0.2, 0.25) is 0 Å². The third kappa shape index (κ3) is 6.53. The molecular weight excluding hydrogens is 297 g/mol. The predicted octanol–water partition coefficient (Wildman–Crippen LogP) is 3.46. The molecule has 0 amide bonds. The molecular formula is C11H14BrF3N2. The fourth-order valence-corrected chi connectivity index (χ4v) is 1.98. The van der Waals surface area contributed by atoms with Crippen molar-refractivity contribution >= 4 is 21.6 Å². The Hall–Kier alpha value is -0.750. The van der Waals surface area contributed by atoms with Crippen LogP contribution < -0.4 is 11.1 Å². The van der Waals surface area contributed by atoms with Crippen molar-refractivity contribution in [2.24, 2.45) is 0 Å². The molecule has 3 N–H and O–H groups in total. The number of alkyl halides is 3. The normalized spacial score (nSPS) is 11.8. The minimum atomic E-state index is -4.07. The highest BCUT2D eigenvalue weighted by Gasteiger charge is 2.25. The fraction of sp³-hybridized carbons (Fsp3) is 0.455. The van der Waals surface area contributed by atoms with Gasteiger partial charge in [-0.2, -0.15) is 13.2 Å². The maximum absolute atomic E-state index is 11.9. The minimum absolute atomic E-state index is 0.0903. The maximum Gasteiger partial charge on any atom is 0.389 e. The molecule has 17 heavy (non-hydrogen) atoms. The smallest absolute Gasteiger partial charge is 0.389 e. The second kappa shape index (κ2) is 6.26. The van der Waals surface area contributed by atoms with Crippen LogP contribution in [-0.4, -0.2) is 12.7 Å². The van der Waals surface area contributed by atoms with Crippen molar-refractivity contribution in [3.05, 3.63) is 28.2 Å². The molecule has 1 aromatic rings. The SMILES string of the molecule is Nc1cc(Br)cc(CNCCCC(F)(F)F)c1. The van der Waals surface area contributed by atoms with Crippen molar-refractivity contribution < 1.29 is 13.2 Å². The van der Waals surface area contributed by atoms with Gasteiger partial charge in [0.2, 0.25) is 0 Å². The van der Waals surface area contributed by atoms with Gasteiger partial charge < -0.3 is 11.1 Å². The van der Waals surface area contributed by atoms with Gasteiger partial charge in [0.1, 0.15) is 0 Å². The van der Waals surface area contributed by atoms with Gasteiger partial charge in [0.05, 0.1) is 0 Å². The second-order valence-electron chi connectivity index (χ2n) is 3.79. The van der Waals surface area contributed by atoms with Crippen LogP contribution in [-0.2, 0) is 6.54 Å². The van der Waals surface area contributed by atoms with E-state index in [1.54, 1.807) is 12.1 Å². The molecule has 0 saturated heterocycles. The molecule has 0 unspecified atom stereocenters. The summed E-state index contributed by atoms with van der Waals surface area (Å²) >= 11 is 3.31. The number of hydrogen-bond acceptors (Lipinski definition) is 2. The van der Waals surface area contributed by atoms with Crippen LogP contribution in [0.1, 0.15) is 18.4 Å². The first kappa shape index (κ1) is 14.3. The Labute approximate surface area is 107 Å². The first-order valence-corrected chi connectivity index (χ1v) is 5.98. The number of hydrogen-bond donors (Lipinski definition) is 2. The molecule has 0 aliphatic heterocycles. The van der Waals surface area contributed by atoms with Crippen LogP contribution in [0.4, 0.5) is 18.9 Å². The number of benzene rings is 1. The van der Waals surface area contributed by atoms with Gasteiger partial charge in [-0.05, 0) is 36.7 Å². The zero-order valence-corrected chi connectivity index (χ0v) is 10.7. The summed E-state index contributed by atoms with van der Waals surface area (Å²) in [6.45, 7) is 0.855. The van der Waals surface area contributed by atoms with E-state index in [0.29, 0.717) is 18.8 Å². The summed E-state index contributed by atoms with van der Waals surface area (Å²) in [7, 11) is 0. The van der Waals surface area contributed by atoms with E-state index in [9.17, 15) is 13.2 Å². The van der Waals surface area contributed by atoms with Crippen molar-refractivity contribution in [2.45, 2.75) is 25.6 Å². The largest absolute Gasteiger partial charge is 0.399 e. The molecule has 0 fully saturated rings. The molecule has 0 heterocycles. The topological polar surface area (TPSA) is 38.0 Å². The van der Waals surface area contributed by atoms with E-state index in [-0.39, 0.29) is 6.42 Å². The van der Waals surface area contributed by atoms with Crippen molar-refractivity contribution in [1.82, 2.24) is 5.32 Å². The Bertz CT molecular complexity index is 346. The summed E-state index contributed by atoms with van der Waals surface area (Å²) in [6.07, 6.45) is -4.73. The fourth-order valence-electron chi connectivity index (χ4n) is 1.42. The molecule has 0 aliphatic rings. The Morgan fingerprint density at radius 3 is 2.53 bits per heavy atom. The summed E-state index contributed by atoms with van der Waals surface area (Å²) in [5, 5.41) is 2.95. The van der Waals surface area contributed by atoms with Gasteiger partial charge >= 0.3 is 6.18 Å². The van der Waals surface area contributed by atoms with E-state index in [0.717, 1.165) is 10.0 Å². The molecule has 6 heteroatoms. The molecule has 0 aromatic heterocycles. The van der Waals surface area contributed by atoms with Gasteiger partial charge in [0, 0.05) is 23.1 Å². The first-order chi connectivity index (χ1) is 7.87. The van der Waals surface area contributed by atoms with Gasteiger partial charge in [0.25, 0.3) is 0 Å². The summed E-state index contributed by atoms with van der Waals surface area (Å²) in [6, 6.07) is 5.45. The minimum Gasteiger partial charge on any atom is -0.399 e. The Kier molecular flexibility index (Phi) is 5.27. The molecule has 0 radical (unpaired) electrons. The third-order valence-electron chi connectivity index (χ3n) is 2.12. The second-order valence-corrected chi connectivity index (χ2v) is 4.70. The van der Waals surface area contributed by atoms with Crippen LogP contribution in [0.25, 0.3) is 0 Å². The van der Waals surface area contributed by atoms with E-state index in [4.69, 9.17) is 5.73 Å². The standard InChI is InChI=1S/C11H14BrF3N2/c12-9-4-8(5-10(16)6-9)7-17-3-1-2-11(13,14)15/h4-6,17H,1-3,7,16H2. The summed E-state index contributed by atoms with van der Waals surface area (Å²) in [4.78, 5) is 0. The lowest BCUT2D eigenvalue weighted by Gasteiger charge is -2.08. The molecule has 1 rings (SSSR count). The molecule has 96 valence electrons. The highest BCUT2D eigenvalue weighted by atomic mass is 79.9. The zero-order chi connectivity index (χ0) is 12.9. The van der Waals surface area contributed by atoms with Crippen LogP contribution in [0.15, 0.2) is 22.7 Å². The number of nitrogens with two attached hydrogens (primary N) is 1. The van der Waals surface area contributed by atoms with E-state index in [2.05, 4.69) is 21.2 Å². The molecule has 0 bridgehead atoms. The van der Waals surface area contributed by atoms with Gasteiger partial charge in [-0.25, -0.2) is 0 Å². The number of rotatable bonds is 5. The van der Waals surface area contributed by atoms with Crippen LogP contribution in [0.3, 0.4) is 0 Å². The number of nitrogen functional groups attached to an aromatic ring is 1. The molecule has 0 saturated carbocycles. The average molecular weight is 311 g/mol. The van der Waals surface area contributed by atoms with Gasteiger partial charge in [-0.1, -0.05) is 15.9 Å². The lowest BCUT2D eigenvalue weighted by atomic mass is 10.2. The van der Waals surface area contributed by atoms with Crippen molar-refractivity contribution in [3.63, 3.8) is 0 Å². The number of nitrogens with one attached hydrogen (secondary N) is 1. The highest BCUT2D eigenvalue weighted by Crippen LogP contribution is 2.21. The molecule has 0 spiro atoms. The lowest BCUT2D eigenvalue weighted by molar-refractivity contribution is -0.135. The molecule has 0 aliphatic carbocycles.